The van der Waals surface area contributed by atoms with Crippen molar-refractivity contribution in [3.05, 3.63) is 30.4 Å². The highest BCUT2D eigenvalue weighted by atomic mass is 16.1. The number of hydrogen-bond donors (Lipinski definition) is 0. The maximum absolute atomic E-state index is 10.3. The fraction of sp³-hybridized carbons (Fsp3) is 0. The number of carbonyl (C=O) groups is 1. The van der Waals surface area contributed by atoms with Crippen LogP contribution in [0, 0.1) is 0 Å². The Hall–Kier alpha value is -1.71. The minimum atomic E-state index is 0.616. The van der Waals surface area contributed by atoms with Gasteiger partial charge in [0.25, 0.3) is 0 Å². The Morgan fingerprint density at radius 1 is 1.55 bits per heavy atom. The summed E-state index contributed by atoms with van der Waals surface area (Å²) in [6.45, 7) is 0. The second-order valence-electron chi connectivity index (χ2n) is 2.17. The highest BCUT2D eigenvalue weighted by Crippen LogP contribution is 2.03. The van der Waals surface area contributed by atoms with E-state index in [-0.39, 0.29) is 0 Å². The zero-order valence-corrected chi connectivity index (χ0v) is 5.64. The average Bonchev–Trinajstić information content (AvgIpc) is 2.46. The van der Waals surface area contributed by atoms with E-state index in [0.717, 1.165) is 11.8 Å². The lowest BCUT2D eigenvalue weighted by Gasteiger charge is -1.86. The molecular formula is C7H5N3O. The van der Waals surface area contributed by atoms with Crippen molar-refractivity contribution < 1.29 is 4.79 Å². The number of carbonyl (C=O) groups excluding carboxylic acids is 1. The van der Waals surface area contributed by atoms with Gasteiger partial charge in [0.05, 0.1) is 11.7 Å². The summed E-state index contributed by atoms with van der Waals surface area (Å²) in [6, 6.07) is 1.73. The number of fused-ring (bicyclic) bond motifs is 1. The van der Waals surface area contributed by atoms with E-state index >= 15 is 0 Å². The monoisotopic (exact) mass is 147 g/mol. The van der Waals surface area contributed by atoms with E-state index in [0.29, 0.717) is 5.56 Å². The van der Waals surface area contributed by atoms with E-state index in [1.807, 2.05) is 0 Å². The van der Waals surface area contributed by atoms with Gasteiger partial charge in [0.1, 0.15) is 6.33 Å². The number of rotatable bonds is 1. The van der Waals surface area contributed by atoms with Gasteiger partial charge in [0.15, 0.2) is 6.29 Å². The van der Waals surface area contributed by atoms with Crippen LogP contribution in [0.25, 0.3) is 5.52 Å². The molecule has 0 N–H and O–H groups in total. The zero-order valence-electron chi connectivity index (χ0n) is 5.64. The molecule has 4 heteroatoms. The Kier molecular flexibility index (Phi) is 1.18. The smallest absolute Gasteiger partial charge is 0.151 e. The molecule has 0 aliphatic heterocycles. The van der Waals surface area contributed by atoms with Gasteiger partial charge in [0, 0.05) is 11.8 Å². The topological polar surface area (TPSA) is 47.3 Å². The molecule has 0 bridgehead atoms. The maximum Gasteiger partial charge on any atom is 0.151 e. The number of nitrogens with zero attached hydrogens (tertiary/aromatic N) is 3. The van der Waals surface area contributed by atoms with Crippen LogP contribution in [0.4, 0.5) is 0 Å². The van der Waals surface area contributed by atoms with Crippen LogP contribution in [0.15, 0.2) is 24.8 Å². The van der Waals surface area contributed by atoms with Gasteiger partial charge in [0.2, 0.25) is 0 Å². The summed E-state index contributed by atoms with van der Waals surface area (Å²) in [6.07, 6.45) is 5.53. The number of aldehydes is 1. The molecule has 0 fully saturated rings. The van der Waals surface area contributed by atoms with Gasteiger partial charge in [-0.05, 0) is 6.07 Å². The summed E-state index contributed by atoms with van der Waals surface area (Å²) in [5.74, 6) is 0. The van der Waals surface area contributed by atoms with Crippen molar-refractivity contribution in [3.8, 4) is 0 Å². The highest BCUT2D eigenvalue weighted by Gasteiger charge is 1.96. The summed E-state index contributed by atoms with van der Waals surface area (Å²) >= 11 is 0. The predicted molar refractivity (Wildman–Crippen MR) is 38.4 cm³/mol. The Balaban J connectivity index is 2.78. The van der Waals surface area contributed by atoms with Crippen LogP contribution >= 0.6 is 0 Å². The molecule has 0 aromatic carbocycles. The molecule has 54 valence electrons. The van der Waals surface area contributed by atoms with Crippen molar-refractivity contribution in [1.82, 2.24) is 14.6 Å². The van der Waals surface area contributed by atoms with Crippen LogP contribution in [-0.4, -0.2) is 20.9 Å². The third kappa shape index (κ3) is 0.881. The second-order valence-corrected chi connectivity index (χ2v) is 2.17. The fourth-order valence-electron chi connectivity index (χ4n) is 0.946. The first-order valence-electron chi connectivity index (χ1n) is 3.14. The molecule has 11 heavy (non-hydrogen) atoms. The number of hydrogen-bond acceptors (Lipinski definition) is 3. The molecule has 2 aromatic heterocycles. The Morgan fingerprint density at radius 2 is 2.45 bits per heavy atom. The molecule has 0 saturated heterocycles. The van der Waals surface area contributed by atoms with Crippen molar-refractivity contribution >= 4 is 11.8 Å². The second kappa shape index (κ2) is 2.16. The van der Waals surface area contributed by atoms with Gasteiger partial charge in [-0.1, -0.05) is 0 Å². The molecule has 0 saturated carbocycles. The van der Waals surface area contributed by atoms with E-state index in [2.05, 4.69) is 10.1 Å². The molecule has 4 nitrogen and oxygen atoms in total. The average molecular weight is 147 g/mol. The molecule has 0 aliphatic rings. The van der Waals surface area contributed by atoms with Gasteiger partial charge in [-0.25, -0.2) is 9.50 Å². The molecule has 0 atom stereocenters. The lowest BCUT2D eigenvalue weighted by atomic mass is 10.4. The Bertz CT molecular complexity index is 360. The fourth-order valence-corrected chi connectivity index (χ4v) is 0.946. The summed E-state index contributed by atoms with van der Waals surface area (Å²) in [7, 11) is 0. The van der Waals surface area contributed by atoms with Crippen LogP contribution in [0.3, 0.4) is 0 Å². The molecular weight excluding hydrogens is 142 g/mol. The Morgan fingerprint density at radius 3 is 3.18 bits per heavy atom. The van der Waals surface area contributed by atoms with E-state index in [1.165, 1.54) is 6.33 Å². The van der Waals surface area contributed by atoms with Crippen molar-refractivity contribution in [3.63, 3.8) is 0 Å². The van der Waals surface area contributed by atoms with E-state index < -0.39 is 0 Å². The molecule has 2 aromatic rings. The molecule has 0 unspecified atom stereocenters. The van der Waals surface area contributed by atoms with E-state index in [1.54, 1.807) is 23.0 Å². The normalized spacial score (nSPS) is 10.2. The predicted octanol–water partition coefficient (Wildman–Crippen LogP) is 0.542. The minimum absolute atomic E-state index is 0.616. The van der Waals surface area contributed by atoms with Crippen LogP contribution < -0.4 is 0 Å². The third-order valence-electron chi connectivity index (χ3n) is 1.44. The van der Waals surface area contributed by atoms with E-state index in [9.17, 15) is 4.79 Å². The molecule has 2 heterocycles. The van der Waals surface area contributed by atoms with Gasteiger partial charge >= 0.3 is 0 Å². The molecule has 0 spiro atoms. The SMILES string of the molecule is O=Cc1cc2cncnn2c1. The van der Waals surface area contributed by atoms with Gasteiger partial charge < -0.3 is 0 Å². The number of aromatic nitrogens is 3. The molecule has 0 radical (unpaired) electrons. The summed E-state index contributed by atoms with van der Waals surface area (Å²) in [5.41, 5.74) is 1.44. The molecule has 0 amide bonds. The van der Waals surface area contributed by atoms with Gasteiger partial charge in [-0.2, -0.15) is 5.10 Å². The summed E-state index contributed by atoms with van der Waals surface area (Å²) < 4.78 is 1.61. The first-order valence-corrected chi connectivity index (χ1v) is 3.14. The van der Waals surface area contributed by atoms with E-state index in [4.69, 9.17) is 0 Å². The van der Waals surface area contributed by atoms with Crippen LogP contribution in [0.1, 0.15) is 10.4 Å². The van der Waals surface area contributed by atoms with Crippen molar-refractivity contribution in [2.45, 2.75) is 0 Å². The van der Waals surface area contributed by atoms with Crippen molar-refractivity contribution in [2.24, 2.45) is 0 Å². The first-order chi connectivity index (χ1) is 5.40. The van der Waals surface area contributed by atoms with Crippen LogP contribution in [0.2, 0.25) is 0 Å². The Labute approximate surface area is 62.5 Å². The summed E-state index contributed by atoms with van der Waals surface area (Å²) in [4.78, 5) is 14.1. The molecule has 0 aliphatic carbocycles. The van der Waals surface area contributed by atoms with Crippen molar-refractivity contribution in [1.29, 1.82) is 0 Å². The maximum atomic E-state index is 10.3. The molecule has 2 rings (SSSR count). The van der Waals surface area contributed by atoms with Crippen LogP contribution in [-0.2, 0) is 0 Å². The van der Waals surface area contributed by atoms with Crippen molar-refractivity contribution in [2.75, 3.05) is 0 Å². The minimum Gasteiger partial charge on any atom is -0.298 e. The van der Waals surface area contributed by atoms with Gasteiger partial charge in [-0.3, -0.25) is 4.79 Å². The lowest BCUT2D eigenvalue weighted by Crippen LogP contribution is -1.87. The quantitative estimate of drug-likeness (QED) is 0.553. The summed E-state index contributed by atoms with van der Waals surface area (Å²) in [5, 5.41) is 3.90. The lowest BCUT2D eigenvalue weighted by molar-refractivity contribution is 0.112. The van der Waals surface area contributed by atoms with Gasteiger partial charge in [-0.15, -0.1) is 0 Å². The zero-order chi connectivity index (χ0) is 7.68. The largest absolute Gasteiger partial charge is 0.298 e. The first kappa shape index (κ1) is 6.03. The standard InChI is InChI=1S/C7H5N3O/c11-4-6-1-7-2-8-5-9-10(7)3-6/h1-5H. The third-order valence-corrected chi connectivity index (χ3v) is 1.44. The van der Waals surface area contributed by atoms with Crippen LogP contribution in [0.5, 0.6) is 0 Å². The highest BCUT2D eigenvalue weighted by molar-refractivity contribution is 5.77.